The van der Waals surface area contributed by atoms with Gasteiger partial charge in [-0.1, -0.05) is 0 Å². The van der Waals surface area contributed by atoms with Gasteiger partial charge in [0.25, 0.3) is 11.5 Å². The zero-order valence-electron chi connectivity index (χ0n) is 12.1. The molecule has 1 atom stereocenters. The number of carbonyl (C=O) groups excluding carboxylic acids is 1. The first-order valence-corrected chi connectivity index (χ1v) is 7.05. The molecule has 5 nitrogen and oxygen atoms in total. The standard InChI is InChI=1S/C14H18F3N3O2/c1-8(18)9-4-6-20(7-5-9)13(22)10-2-3-11(14(15,16)17)19-12(10)21/h2-3,8-9H,4-7,18H2,1H3,(H,19,21). The molecule has 0 aromatic carbocycles. The lowest BCUT2D eigenvalue weighted by Crippen LogP contribution is -2.44. The normalized spacial score (nSPS) is 18.3. The van der Waals surface area contributed by atoms with E-state index in [0.29, 0.717) is 25.1 Å². The van der Waals surface area contributed by atoms with Gasteiger partial charge in [-0.25, -0.2) is 0 Å². The van der Waals surface area contributed by atoms with Gasteiger partial charge < -0.3 is 15.6 Å². The van der Waals surface area contributed by atoms with Crippen molar-refractivity contribution in [3.05, 3.63) is 33.7 Å². The van der Waals surface area contributed by atoms with Gasteiger partial charge >= 0.3 is 6.18 Å². The quantitative estimate of drug-likeness (QED) is 0.869. The second-order valence-electron chi connectivity index (χ2n) is 5.60. The number of carbonyl (C=O) groups is 1. The summed E-state index contributed by atoms with van der Waals surface area (Å²) in [6.45, 7) is 2.81. The Morgan fingerprint density at radius 3 is 2.41 bits per heavy atom. The van der Waals surface area contributed by atoms with Gasteiger partial charge in [0.15, 0.2) is 0 Å². The maximum absolute atomic E-state index is 12.5. The van der Waals surface area contributed by atoms with E-state index in [-0.39, 0.29) is 11.6 Å². The van der Waals surface area contributed by atoms with E-state index < -0.39 is 23.3 Å². The van der Waals surface area contributed by atoms with E-state index in [0.717, 1.165) is 18.9 Å². The summed E-state index contributed by atoms with van der Waals surface area (Å²) in [6, 6.07) is 1.68. The van der Waals surface area contributed by atoms with Crippen LogP contribution in [0.4, 0.5) is 13.2 Å². The summed E-state index contributed by atoms with van der Waals surface area (Å²) in [5.74, 6) is -0.229. The number of halogens is 3. The van der Waals surface area contributed by atoms with Crippen molar-refractivity contribution in [1.29, 1.82) is 0 Å². The Balaban J connectivity index is 2.13. The number of piperidine rings is 1. The van der Waals surface area contributed by atoms with Gasteiger partial charge in [-0.2, -0.15) is 13.2 Å². The van der Waals surface area contributed by atoms with Crippen molar-refractivity contribution in [2.24, 2.45) is 11.7 Å². The van der Waals surface area contributed by atoms with E-state index >= 15 is 0 Å². The van der Waals surface area contributed by atoms with Crippen LogP contribution in [-0.4, -0.2) is 34.9 Å². The molecule has 1 aromatic heterocycles. The third-order valence-electron chi connectivity index (χ3n) is 4.02. The molecular weight excluding hydrogens is 299 g/mol. The molecule has 0 radical (unpaired) electrons. The first-order valence-electron chi connectivity index (χ1n) is 7.05. The molecule has 2 rings (SSSR count). The van der Waals surface area contributed by atoms with Gasteiger partial charge in [0.05, 0.1) is 0 Å². The number of likely N-dealkylation sites (tertiary alicyclic amines) is 1. The van der Waals surface area contributed by atoms with Crippen LogP contribution in [0.15, 0.2) is 16.9 Å². The zero-order chi connectivity index (χ0) is 16.5. The van der Waals surface area contributed by atoms with Crippen LogP contribution in [0.5, 0.6) is 0 Å². The van der Waals surface area contributed by atoms with Crippen molar-refractivity contribution in [2.75, 3.05) is 13.1 Å². The van der Waals surface area contributed by atoms with Gasteiger partial charge in [0.1, 0.15) is 11.3 Å². The fourth-order valence-electron chi connectivity index (χ4n) is 2.61. The molecule has 8 heteroatoms. The summed E-state index contributed by atoms with van der Waals surface area (Å²) in [5.41, 5.74) is 3.36. The predicted octanol–water partition coefficient (Wildman–Crippen LogP) is 1.59. The number of alkyl halides is 3. The zero-order valence-corrected chi connectivity index (χ0v) is 12.1. The lowest BCUT2D eigenvalue weighted by Gasteiger charge is -2.33. The topological polar surface area (TPSA) is 79.2 Å². The molecule has 2 heterocycles. The number of aromatic nitrogens is 1. The minimum absolute atomic E-state index is 0.0340. The SMILES string of the molecule is CC(N)C1CCN(C(=O)c2ccc(C(F)(F)F)[nH]c2=O)CC1. The van der Waals surface area contributed by atoms with Gasteiger partial charge in [-0.05, 0) is 37.8 Å². The number of nitrogens with two attached hydrogens (primary N) is 1. The first kappa shape index (κ1) is 16.5. The van der Waals surface area contributed by atoms with E-state index in [4.69, 9.17) is 5.73 Å². The summed E-state index contributed by atoms with van der Waals surface area (Å²) in [5, 5.41) is 0. The van der Waals surface area contributed by atoms with Crippen molar-refractivity contribution < 1.29 is 18.0 Å². The Hall–Kier alpha value is -1.83. The molecule has 1 amide bonds. The third kappa shape index (κ3) is 3.49. The average molecular weight is 317 g/mol. The van der Waals surface area contributed by atoms with Gasteiger partial charge in [0.2, 0.25) is 0 Å². The lowest BCUT2D eigenvalue weighted by atomic mass is 9.91. The van der Waals surface area contributed by atoms with Crippen LogP contribution in [0.25, 0.3) is 0 Å². The summed E-state index contributed by atoms with van der Waals surface area (Å²) >= 11 is 0. The lowest BCUT2D eigenvalue weighted by molar-refractivity contribution is -0.141. The summed E-state index contributed by atoms with van der Waals surface area (Å²) in [6.07, 6.45) is -3.19. The van der Waals surface area contributed by atoms with Crippen molar-refractivity contribution in [2.45, 2.75) is 32.0 Å². The molecule has 122 valence electrons. The highest BCUT2D eigenvalue weighted by atomic mass is 19.4. The van der Waals surface area contributed by atoms with Crippen molar-refractivity contribution in [3.8, 4) is 0 Å². The van der Waals surface area contributed by atoms with Crippen LogP contribution in [-0.2, 0) is 6.18 Å². The molecule has 0 saturated carbocycles. The highest BCUT2D eigenvalue weighted by Crippen LogP contribution is 2.26. The fourth-order valence-corrected chi connectivity index (χ4v) is 2.61. The van der Waals surface area contributed by atoms with E-state index in [9.17, 15) is 22.8 Å². The highest BCUT2D eigenvalue weighted by molar-refractivity contribution is 5.93. The Morgan fingerprint density at radius 2 is 1.95 bits per heavy atom. The van der Waals surface area contributed by atoms with Crippen molar-refractivity contribution in [1.82, 2.24) is 9.88 Å². The predicted molar refractivity (Wildman–Crippen MR) is 74.3 cm³/mol. The summed E-state index contributed by atoms with van der Waals surface area (Å²) in [7, 11) is 0. The summed E-state index contributed by atoms with van der Waals surface area (Å²) < 4.78 is 37.5. The van der Waals surface area contributed by atoms with Gasteiger partial charge in [-0.3, -0.25) is 9.59 Å². The number of amides is 1. The molecule has 1 aliphatic rings. The Bertz CT molecular complexity index is 602. The van der Waals surface area contributed by atoms with E-state index in [1.54, 1.807) is 4.98 Å². The average Bonchev–Trinajstić information content (AvgIpc) is 2.45. The molecule has 1 aromatic rings. The highest BCUT2D eigenvalue weighted by Gasteiger charge is 2.33. The molecule has 1 unspecified atom stereocenters. The van der Waals surface area contributed by atoms with E-state index in [1.807, 2.05) is 6.92 Å². The van der Waals surface area contributed by atoms with Crippen molar-refractivity contribution >= 4 is 5.91 Å². The number of nitrogens with zero attached hydrogens (tertiary/aromatic N) is 1. The number of H-pyrrole nitrogens is 1. The molecule has 1 fully saturated rings. The molecule has 3 N–H and O–H groups in total. The maximum Gasteiger partial charge on any atom is 0.431 e. The second kappa shape index (κ2) is 6.12. The number of aromatic amines is 1. The van der Waals surface area contributed by atoms with E-state index in [2.05, 4.69) is 0 Å². The number of rotatable bonds is 2. The smallest absolute Gasteiger partial charge is 0.338 e. The van der Waals surface area contributed by atoms with Crippen LogP contribution >= 0.6 is 0 Å². The second-order valence-corrected chi connectivity index (χ2v) is 5.60. The molecule has 1 aliphatic heterocycles. The number of hydrogen-bond acceptors (Lipinski definition) is 3. The Labute approximate surface area is 125 Å². The number of pyridine rings is 1. The van der Waals surface area contributed by atoms with Crippen LogP contribution in [0.2, 0.25) is 0 Å². The van der Waals surface area contributed by atoms with Gasteiger partial charge in [0, 0.05) is 19.1 Å². The minimum Gasteiger partial charge on any atom is -0.338 e. The summed E-state index contributed by atoms with van der Waals surface area (Å²) in [4.78, 5) is 27.2. The molecule has 22 heavy (non-hydrogen) atoms. The molecule has 1 saturated heterocycles. The fraction of sp³-hybridized carbons (Fsp3) is 0.571. The van der Waals surface area contributed by atoms with Gasteiger partial charge in [-0.15, -0.1) is 0 Å². The largest absolute Gasteiger partial charge is 0.431 e. The molecule has 0 spiro atoms. The van der Waals surface area contributed by atoms with Crippen LogP contribution in [0.3, 0.4) is 0 Å². The number of nitrogens with one attached hydrogen (secondary N) is 1. The Morgan fingerprint density at radius 1 is 1.36 bits per heavy atom. The van der Waals surface area contributed by atoms with Crippen LogP contribution in [0.1, 0.15) is 35.8 Å². The first-order chi connectivity index (χ1) is 10.2. The molecule has 0 bridgehead atoms. The minimum atomic E-state index is -4.64. The monoisotopic (exact) mass is 317 g/mol. The number of hydrogen-bond donors (Lipinski definition) is 2. The van der Waals surface area contributed by atoms with Crippen LogP contribution < -0.4 is 11.3 Å². The molecule has 0 aliphatic carbocycles. The third-order valence-corrected chi connectivity index (χ3v) is 4.02. The van der Waals surface area contributed by atoms with Crippen molar-refractivity contribution in [3.63, 3.8) is 0 Å². The Kier molecular flexibility index (Phi) is 4.60. The van der Waals surface area contributed by atoms with Crippen LogP contribution in [0, 0.1) is 5.92 Å². The van der Waals surface area contributed by atoms with E-state index in [1.165, 1.54) is 4.90 Å². The maximum atomic E-state index is 12.5. The molecular formula is C14H18F3N3O2.